The molecule has 8 aromatic carbocycles. The SMILES string of the molecule is c1cc2c3c(c1)ccc1ccc4c(c13)c1c3c-2cccc3ccc1n4-c1nc2ccccc2nc1-c1ccc2sc3ccccc3c2c1. The zero-order valence-electron chi connectivity index (χ0n) is 25.5. The molecule has 1 aliphatic rings. The van der Waals surface area contributed by atoms with E-state index in [9.17, 15) is 0 Å². The molecule has 220 valence electrons. The van der Waals surface area contributed by atoms with Gasteiger partial charge in [-0.1, -0.05) is 97.1 Å². The Balaban J connectivity index is 1.29. The third-order valence-electron chi connectivity index (χ3n) is 10.5. The lowest BCUT2D eigenvalue weighted by atomic mass is 9.93. The number of para-hydroxylation sites is 2. The molecule has 0 saturated carbocycles. The van der Waals surface area contributed by atoms with Crippen molar-refractivity contribution in [1.29, 1.82) is 0 Å². The van der Waals surface area contributed by atoms with Crippen LogP contribution >= 0.6 is 11.3 Å². The van der Waals surface area contributed by atoms with Gasteiger partial charge in [-0.15, -0.1) is 11.3 Å². The molecule has 48 heavy (non-hydrogen) atoms. The van der Waals surface area contributed by atoms with E-state index in [4.69, 9.17) is 9.97 Å². The highest BCUT2D eigenvalue weighted by Gasteiger charge is 2.26. The first-order valence-electron chi connectivity index (χ1n) is 16.3. The molecule has 0 N–H and O–H groups in total. The number of nitrogens with zero attached hydrogens (tertiary/aromatic N) is 3. The second-order valence-electron chi connectivity index (χ2n) is 12.9. The summed E-state index contributed by atoms with van der Waals surface area (Å²) >= 11 is 1.84. The summed E-state index contributed by atoms with van der Waals surface area (Å²) in [5, 5.41) is 12.8. The molecule has 0 radical (unpaired) electrons. The molecule has 0 fully saturated rings. The van der Waals surface area contributed by atoms with Gasteiger partial charge in [0.2, 0.25) is 0 Å². The molecular weight excluding hydrogens is 603 g/mol. The van der Waals surface area contributed by atoms with E-state index >= 15 is 0 Å². The van der Waals surface area contributed by atoms with Crippen LogP contribution in [0.2, 0.25) is 0 Å². The molecule has 0 bridgehead atoms. The maximum absolute atomic E-state index is 5.46. The minimum absolute atomic E-state index is 0.852. The molecule has 0 saturated heterocycles. The third kappa shape index (κ3) is 3.08. The number of benzene rings is 8. The summed E-state index contributed by atoms with van der Waals surface area (Å²) in [5.74, 6) is 0.852. The van der Waals surface area contributed by atoms with Gasteiger partial charge in [-0.3, -0.25) is 4.57 Å². The van der Waals surface area contributed by atoms with E-state index < -0.39 is 0 Å². The van der Waals surface area contributed by atoms with Crippen LogP contribution in [0.15, 0.2) is 140 Å². The van der Waals surface area contributed by atoms with E-state index in [-0.39, 0.29) is 0 Å². The number of fused-ring (bicyclic) bond motifs is 5. The van der Waals surface area contributed by atoms with Crippen LogP contribution in [0.5, 0.6) is 0 Å². The monoisotopic (exact) mass is 625 g/mol. The van der Waals surface area contributed by atoms with E-state index in [1.54, 1.807) is 0 Å². The first-order valence-corrected chi connectivity index (χ1v) is 17.2. The average Bonchev–Trinajstić information content (AvgIpc) is 3.65. The zero-order valence-corrected chi connectivity index (χ0v) is 26.3. The van der Waals surface area contributed by atoms with Gasteiger partial charge in [-0.2, -0.15) is 0 Å². The van der Waals surface area contributed by atoms with Crippen molar-refractivity contribution >= 4 is 96.7 Å². The van der Waals surface area contributed by atoms with Gasteiger partial charge < -0.3 is 0 Å². The van der Waals surface area contributed by atoms with Crippen LogP contribution in [0.1, 0.15) is 0 Å². The highest BCUT2D eigenvalue weighted by molar-refractivity contribution is 7.25. The van der Waals surface area contributed by atoms with E-state index in [0.29, 0.717) is 0 Å². The molecule has 0 unspecified atom stereocenters. The normalized spacial score (nSPS) is 12.6. The molecule has 4 heteroatoms. The Morgan fingerprint density at radius 2 is 1.04 bits per heavy atom. The summed E-state index contributed by atoms with van der Waals surface area (Å²) in [6.45, 7) is 0. The van der Waals surface area contributed by atoms with E-state index in [1.165, 1.54) is 74.4 Å². The minimum atomic E-state index is 0.852. The maximum atomic E-state index is 5.46. The van der Waals surface area contributed by atoms with Crippen LogP contribution in [0.4, 0.5) is 0 Å². The van der Waals surface area contributed by atoms with Crippen LogP contribution in [-0.2, 0) is 0 Å². The van der Waals surface area contributed by atoms with E-state index in [1.807, 2.05) is 17.4 Å². The van der Waals surface area contributed by atoms with Gasteiger partial charge in [0.15, 0.2) is 5.82 Å². The maximum Gasteiger partial charge on any atom is 0.165 e. The summed E-state index contributed by atoms with van der Waals surface area (Å²) in [6, 6.07) is 50.9. The Kier molecular flexibility index (Phi) is 4.60. The van der Waals surface area contributed by atoms with Gasteiger partial charge in [-0.25, -0.2) is 9.97 Å². The molecule has 3 heterocycles. The Labute approximate surface area is 277 Å². The third-order valence-corrected chi connectivity index (χ3v) is 11.6. The number of aromatic nitrogens is 3. The van der Waals surface area contributed by atoms with Gasteiger partial charge >= 0.3 is 0 Å². The lowest BCUT2D eigenvalue weighted by Crippen LogP contribution is -2.04. The van der Waals surface area contributed by atoms with Crippen LogP contribution in [-0.4, -0.2) is 14.5 Å². The molecule has 0 atom stereocenters. The second kappa shape index (κ2) is 8.82. The number of hydrogen-bond acceptors (Lipinski definition) is 3. The van der Waals surface area contributed by atoms with Crippen molar-refractivity contribution in [2.75, 3.05) is 0 Å². The smallest absolute Gasteiger partial charge is 0.165 e. The number of thiophene rings is 1. The van der Waals surface area contributed by atoms with E-state index in [2.05, 4.69) is 138 Å². The van der Waals surface area contributed by atoms with Crippen LogP contribution < -0.4 is 0 Å². The first kappa shape index (κ1) is 25.0. The summed E-state index contributed by atoms with van der Waals surface area (Å²) < 4.78 is 4.97. The number of hydrogen-bond donors (Lipinski definition) is 0. The molecule has 3 aromatic heterocycles. The van der Waals surface area contributed by atoms with Crippen LogP contribution in [0, 0.1) is 0 Å². The van der Waals surface area contributed by atoms with E-state index in [0.717, 1.165) is 39.1 Å². The molecular formula is C44H23N3S. The average molecular weight is 626 g/mol. The summed E-state index contributed by atoms with van der Waals surface area (Å²) in [5.41, 5.74) is 8.61. The van der Waals surface area contributed by atoms with Crippen LogP contribution in [0.25, 0.3) is 114 Å². The number of rotatable bonds is 2. The summed E-state index contributed by atoms with van der Waals surface area (Å²) in [7, 11) is 0. The molecule has 3 nitrogen and oxygen atoms in total. The van der Waals surface area contributed by atoms with Crippen molar-refractivity contribution in [2.24, 2.45) is 0 Å². The molecule has 0 aliphatic heterocycles. The fraction of sp³-hybridized carbons (Fsp3) is 0. The van der Waals surface area contributed by atoms with Gasteiger partial charge in [0.25, 0.3) is 0 Å². The standard InChI is InChI=1S/C44H23N3S/c1-4-14-36-28(9-1)31-23-27(19-22-37(31)48-36)43-44(46-33-13-3-2-12-32(33)45-43)47-34-20-17-25-8-6-11-30-29-10-5-7-24-15-16-26-18-21-35(47)42(40(26)38(24)29)41(34)39(25)30/h1-23H. The Morgan fingerprint density at radius 1 is 0.438 bits per heavy atom. The second-order valence-corrected chi connectivity index (χ2v) is 14.0. The lowest BCUT2D eigenvalue weighted by molar-refractivity contribution is 1.08. The molecule has 0 spiro atoms. The molecule has 0 amide bonds. The van der Waals surface area contributed by atoms with Gasteiger partial charge in [0, 0.05) is 41.9 Å². The Morgan fingerprint density at radius 3 is 1.81 bits per heavy atom. The molecule has 1 aliphatic carbocycles. The van der Waals surface area contributed by atoms with Crippen molar-refractivity contribution in [3.05, 3.63) is 140 Å². The topological polar surface area (TPSA) is 30.7 Å². The predicted octanol–water partition coefficient (Wildman–Crippen LogP) is 12.2. The Hall–Kier alpha value is -6.10. The zero-order chi connectivity index (χ0) is 31.1. The van der Waals surface area contributed by atoms with Gasteiger partial charge in [0.05, 0.1) is 22.1 Å². The predicted molar refractivity (Wildman–Crippen MR) is 204 cm³/mol. The highest BCUT2D eigenvalue weighted by atomic mass is 32.1. The minimum Gasteiger partial charge on any atom is -0.292 e. The van der Waals surface area contributed by atoms with Crippen molar-refractivity contribution in [2.45, 2.75) is 0 Å². The molecule has 12 rings (SSSR count). The summed E-state index contributed by atoms with van der Waals surface area (Å²) in [4.78, 5) is 10.9. The Bertz CT molecular complexity index is 3240. The largest absolute Gasteiger partial charge is 0.292 e. The highest BCUT2D eigenvalue weighted by Crippen LogP contribution is 2.50. The molecule has 11 aromatic rings. The van der Waals surface area contributed by atoms with Gasteiger partial charge in [-0.05, 0) is 80.5 Å². The van der Waals surface area contributed by atoms with Crippen molar-refractivity contribution in [1.82, 2.24) is 14.5 Å². The van der Waals surface area contributed by atoms with Crippen molar-refractivity contribution in [3.63, 3.8) is 0 Å². The van der Waals surface area contributed by atoms with Crippen LogP contribution in [0.3, 0.4) is 0 Å². The fourth-order valence-corrected chi connectivity index (χ4v) is 9.54. The fourth-order valence-electron chi connectivity index (χ4n) is 8.45. The summed E-state index contributed by atoms with van der Waals surface area (Å²) in [6.07, 6.45) is 0. The quantitative estimate of drug-likeness (QED) is 0.179. The van der Waals surface area contributed by atoms with Crippen molar-refractivity contribution in [3.8, 4) is 28.2 Å². The van der Waals surface area contributed by atoms with Gasteiger partial charge in [0.1, 0.15) is 5.69 Å². The lowest BCUT2D eigenvalue weighted by Gasteiger charge is -2.16. The van der Waals surface area contributed by atoms with Crippen molar-refractivity contribution < 1.29 is 0 Å². The first-order chi connectivity index (χ1) is 23.8.